The van der Waals surface area contributed by atoms with Gasteiger partial charge in [-0.2, -0.15) is 0 Å². The van der Waals surface area contributed by atoms with Gasteiger partial charge in [0.15, 0.2) is 0 Å². The molecular weight excluding hydrogens is 409 g/mol. The minimum Gasteiger partial charge on any atom is -0.496 e. The van der Waals surface area contributed by atoms with Gasteiger partial charge in [-0.25, -0.2) is 0 Å². The Hall–Kier alpha value is -1.57. The van der Waals surface area contributed by atoms with Crippen LogP contribution in [0.4, 0.5) is 0 Å². The van der Waals surface area contributed by atoms with Gasteiger partial charge in [-0.05, 0) is 82.9 Å². The van der Waals surface area contributed by atoms with E-state index in [1.807, 2.05) is 12.1 Å². The number of hydrogen-bond donors (Lipinski definition) is 0. The van der Waals surface area contributed by atoms with Crippen LogP contribution in [0.2, 0.25) is 0 Å². The van der Waals surface area contributed by atoms with Gasteiger partial charge < -0.3 is 18.9 Å². The number of rotatable bonds is 3. The number of nitrogens with zero attached hydrogens (tertiary/aromatic N) is 1. The predicted molar refractivity (Wildman–Crippen MR) is 123 cm³/mol. The van der Waals surface area contributed by atoms with E-state index in [1.165, 1.54) is 12.8 Å². The lowest BCUT2D eigenvalue weighted by molar-refractivity contribution is -0.0204. The van der Waals surface area contributed by atoms with Crippen LogP contribution >= 0.6 is 11.3 Å². The van der Waals surface area contributed by atoms with Gasteiger partial charge in [-0.1, -0.05) is 0 Å². The molecule has 0 N–H and O–H groups in total. The molecule has 4 fully saturated rings. The summed E-state index contributed by atoms with van der Waals surface area (Å²) in [4.78, 5) is 15.6. The number of ether oxygens (including phenoxy) is 1. The smallest absolute Gasteiger partial charge is 0.496 e. The minimum atomic E-state index is -0.410. The maximum atomic E-state index is 13.5. The van der Waals surface area contributed by atoms with E-state index in [4.69, 9.17) is 14.0 Å². The van der Waals surface area contributed by atoms with E-state index >= 15 is 0 Å². The molecule has 1 aromatic heterocycles. The Morgan fingerprint density at radius 2 is 1.87 bits per heavy atom. The number of methoxy groups -OCH3 is 1. The molecule has 2 aliphatic carbocycles. The lowest BCUT2D eigenvalue weighted by Gasteiger charge is -2.52. The van der Waals surface area contributed by atoms with Crippen molar-refractivity contribution in [3.63, 3.8) is 0 Å². The summed E-state index contributed by atoms with van der Waals surface area (Å²) < 4.78 is 20.5. The molecule has 31 heavy (non-hydrogen) atoms. The van der Waals surface area contributed by atoms with Gasteiger partial charge in [0, 0.05) is 33.0 Å². The van der Waals surface area contributed by atoms with Crippen LogP contribution < -0.4 is 9.51 Å². The van der Waals surface area contributed by atoms with Crippen molar-refractivity contribution >= 4 is 39.2 Å². The standard InChI is InChI=1S/C24H30BNO4S/c1-12-19-17(28-6)9-14(22(27)26-11-15-7-13-8-16(26)20(13)15)10-18(19)31-21(12)25-29-23(2,3)24(4,5)30-25/h9-10,13,15-16,20H,7-8,11H2,1-6H3/t13?,15?,16?,20-/m1/s1. The first-order chi connectivity index (χ1) is 14.6. The first-order valence-electron chi connectivity index (χ1n) is 11.4. The normalized spacial score (nSPS) is 32.1. The van der Waals surface area contributed by atoms with E-state index in [0.29, 0.717) is 6.04 Å². The third kappa shape index (κ3) is 2.60. The number of thiophene rings is 1. The Balaban J connectivity index is 1.37. The zero-order valence-corrected chi connectivity index (χ0v) is 20.0. The lowest BCUT2D eigenvalue weighted by atomic mass is 9.53. The fourth-order valence-corrected chi connectivity index (χ4v) is 7.41. The maximum absolute atomic E-state index is 13.5. The van der Waals surface area contributed by atoms with Gasteiger partial charge in [0.25, 0.3) is 5.91 Å². The molecule has 5 nitrogen and oxygen atoms in total. The molecule has 0 radical (unpaired) electrons. The Bertz CT molecular complexity index is 1090. The lowest BCUT2D eigenvalue weighted by Crippen LogP contribution is -2.53. The molecule has 4 atom stereocenters. The Labute approximate surface area is 188 Å². The monoisotopic (exact) mass is 439 g/mol. The summed E-state index contributed by atoms with van der Waals surface area (Å²) in [5.74, 6) is 3.30. The molecule has 3 heterocycles. The van der Waals surface area contributed by atoms with Crippen molar-refractivity contribution in [3.8, 4) is 5.75 Å². The Morgan fingerprint density at radius 3 is 2.48 bits per heavy atom. The van der Waals surface area contributed by atoms with Crippen LogP contribution in [0.15, 0.2) is 12.1 Å². The molecule has 3 unspecified atom stereocenters. The van der Waals surface area contributed by atoms with Crippen molar-refractivity contribution in [1.82, 2.24) is 4.90 Å². The van der Waals surface area contributed by atoms with E-state index in [2.05, 4.69) is 39.5 Å². The second-order valence-corrected chi connectivity index (χ2v) is 11.9. The number of carbonyl (C=O) groups is 1. The van der Waals surface area contributed by atoms with Crippen LogP contribution in [0, 0.1) is 24.7 Å². The van der Waals surface area contributed by atoms with Crippen molar-refractivity contribution in [1.29, 1.82) is 0 Å². The highest BCUT2D eigenvalue weighted by Gasteiger charge is 2.61. The number of amides is 1. The van der Waals surface area contributed by atoms with Crippen LogP contribution in [0.5, 0.6) is 5.75 Å². The second-order valence-electron chi connectivity index (χ2n) is 10.8. The summed E-state index contributed by atoms with van der Waals surface area (Å²) in [6, 6.07) is 4.43. The first kappa shape index (κ1) is 20.1. The molecule has 2 aliphatic heterocycles. The molecule has 0 spiro atoms. The highest BCUT2D eigenvalue weighted by molar-refractivity contribution is 7.28. The van der Waals surface area contributed by atoms with E-state index in [-0.39, 0.29) is 17.1 Å². The van der Waals surface area contributed by atoms with E-state index in [1.54, 1.807) is 18.4 Å². The number of fused-ring (bicyclic) bond motifs is 1. The topological polar surface area (TPSA) is 48.0 Å². The molecule has 0 bridgehead atoms. The first-order valence-corrected chi connectivity index (χ1v) is 12.2. The zero-order chi connectivity index (χ0) is 21.9. The van der Waals surface area contributed by atoms with Crippen LogP contribution in [-0.4, -0.2) is 48.8 Å². The molecule has 1 amide bonds. The molecular formula is C24H30BNO4S. The average molecular weight is 439 g/mol. The third-order valence-corrected chi connectivity index (χ3v) is 10.0. The van der Waals surface area contributed by atoms with Crippen molar-refractivity contribution < 1.29 is 18.8 Å². The van der Waals surface area contributed by atoms with Crippen molar-refractivity contribution in [2.45, 2.75) is 64.7 Å². The molecule has 164 valence electrons. The molecule has 6 rings (SSSR count). The number of benzene rings is 1. The highest BCUT2D eigenvalue weighted by Crippen LogP contribution is 2.60. The van der Waals surface area contributed by atoms with E-state index < -0.39 is 7.12 Å². The molecule has 7 heteroatoms. The SMILES string of the molecule is COc1cc(C(=O)N2CC3CC4CC2[C@H]43)cc2sc(B3OC(C)(C)C(C)(C)O3)c(C)c12. The van der Waals surface area contributed by atoms with Crippen molar-refractivity contribution in [3.05, 3.63) is 23.3 Å². The highest BCUT2D eigenvalue weighted by atomic mass is 32.1. The fraction of sp³-hybridized carbons (Fsp3) is 0.625. The third-order valence-electron chi connectivity index (χ3n) is 8.74. The summed E-state index contributed by atoms with van der Waals surface area (Å²) in [6.07, 6.45) is 2.51. The van der Waals surface area contributed by atoms with E-state index in [0.717, 1.165) is 56.0 Å². The maximum Gasteiger partial charge on any atom is 0.505 e. The summed E-state index contributed by atoms with van der Waals surface area (Å²) in [7, 11) is 1.27. The minimum absolute atomic E-state index is 0.154. The summed E-state index contributed by atoms with van der Waals surface area (Å²) in [5.41, 5.74) is 1.06. The van der Waals surface area contributed by atoms with Gasteiger partial charge in [0.05, 0.1) is 18.3 Å². The molecule has 2 aromatic rings. The van der Waals surface area contributed by atoms with Crippen LogP contribution in [-0.2, 0) is 9.31 Å². The van der Waals surface area contributed by atoms with Crippen LogP contribution in [0.1, 0.15) is 56.5 Å². The Kier molecular flexibility index (Phi) is 4.06. The van der Waals surface area contributed by atoms with E-state index in [9.17, 15) is 4.79 Å². The quantitative estimate of drug-likeness (QED) is 0.679. The fourth-order valence-electron chi connectivity index (χ4n) is 6.18. The average Bonchev–Trinajstić information content (AvgIpc) is 3.12. The zero-order valence-electron chi connectivity index (χ0n) is 19.2. The van der Waals surface area contributed by atoms with Gasteiger partial charge in [-0.3, -0.25) is 4.79 Å². The molecule has 2 saturated heterocycles. The Morgan fingerprint density at radius 1 is 1.16 bits per heavy atom. The number of likely N-dealkylation sites (tertiary alicyclic amines) is 1. The number of aryl methyl sites for hydroxylation is 1. The van der Waals surface area contributed by atoms with Gasteiger partial charge >= 0.3 is 7.12 Å². The van der Waals surface area contributed by atoms with Gasteiger partial charge in [-0.15, -0.1) is 11.3 Å². The van der Waals surface area contributed by atoms with Gasteiger partial charge in [0.1, 0.15) is 5.75 Å². The van der Waals surface area contributed by atoms with Crippen molar-refractivity contribution in [2.24, 2.45) is 17.8 Å². The summed E-state index contributed by atoms with van der Waals surface area (Å²) in [6.45, 7) is 11.3. The summed E-state index contributed by atoms with van der Waals surface area (Å²) >= 11 is 1.65. The van der Waals surface area contributed by atoms with Gasteiger partial charge in [0.2, 0.25) is 0 Å². The van der Waals surface area contributed by atoms with Crippen molar-refractivity contribution in [2.75, 3.05) is 13.7 Å². The van der Waals surface area contributed by atoms with Crippen LogP contribution in [0.3, 0.4) is 0 Å². The number of carbonyl (C=O) groups excluding carboxylic acids is 1. The largest absolute Gasteiger partial charge is 0.505 e. The molecule has 4 aliphatic rings. The molecule has 2 saturated carbocycles. The summed E-state index contributed by atoms with van der Waals surface area (Å²) in [5, 5.41) is 1.05. The molecule has 1 aromatic carbocycles. The second kappa shape index (κ2) is 6.27. The predicted octanol–water partition coefficient (Wildman–Crippen LogP) is 4.00. The number of hydrogen-bond acceptors (Lipinski definition) is 5. The van der Waals surface area contributed by atoms with Crippen LogP contribution in [0.25, 0.3) is 10.1 Å².